The van der Waals surface area contributed by atoms with E-state index in [2.05, 4.69) is 54.2 Å². The van der Waals surface area contributed by atoms with E-state index < -0.39 is 5.91 Å². The summed E-state index contributed by atoms with van der Waals surface area (Å²) in [4.78, 5) is 30.0. The zero-order chi connectivity index (χ0) is 23.4. The zero-order valence-corrected chi connectivity index (χ0v) is 18.9. The van der Waals surface area contributed by atoms with Gasteiger partial charge in [0.25, 0.3) is 5.91 Å². The smallest absolute Gasteiger partial charge is 0.266 e. The normalized spacial score (nSPS) is 20.0. The predicted molar refractivity (Wildman–Crippen MR) is 126 cm³/mol. The molecule has 2 aliphatic heterocycles. The number of likely N-dealkylation sites (tertiary alicyclic amines) is 1. The molecular formula is C22H25N11O. The Morgan fingerprint density at radius 2 is 2.06 bits per heavy atom. The van der Waals surface area contributed by atoms with Crippen LogP contribution < -0.4 is 16.0 Å². The number of aromatic nitrogens is 7. The van der Waals surface area contributed by atoms with E-state index in [4.69, 9.17) is 10.7 Å². The first-order valence-corrected chi connectivity index (χ1v) is 11.3. The molecular weight excluding hydrogens is 434 g/mol. The van der Waals surface area contributed by atoms with Gasteiger partial charge in [0, 0.05) is 31.2 Å². The van der Waals surface area contributed by atoms with Crippen molar-refractivity contribution in [3.63, 3.8) is 0 Å². The summed E-state index contributed by atoms with van der Waals surface area (Å²) in [6, 6.07) is 7.34. The minimum atomic E-state index is -0.588. The van der Waals surface area contributed by atoms with Crippen LogP contribution in [-0.4, -0.2) is 76.8 Å². The topological polar surface area (TPSA) is 146 Å². The lowest BCUT2D eigenvalue weighted by Crippen LogP contribution is -2.49. The lowest BCUT2D eigenvalue weighted by atomic mass is 10.2. The predicted octanol–water partition coefficient (Wildman–Crippen LogP) is 1.42. The van der Waals surface area contributed by atoms with Crippen molar-refractivity contribution in [1.29, 1.82) is 0 Å². The molecule has 0 aliphatic carbocycles. The average molecular weight is 460 g/mol. The van der Waals surface area contributed by atoms with Gasteiger partial charge < -0.3 is 16.0 Å². The van der Waals surface area contributed by atoms with Crippen LogP contribution >= 0.6 is 0 Å². The summed E-state index contributed by atoms with van der Waals surface area (Å²) in [6.07, 6.45) is 6.08. The molecule has 2 saturated heterocycles. The summed E-state index contributed by atoms with van der Waals surface area (Å²) < 4.78 is 1.61. The number of nitrogens with two attached hydrogens (primary N) is 1. The van der Waals surface area contributed by atoms with Crippen LogP contribution in [0.15, 0.2) is 36.9 Å². The molecule has 0 spiro atoms. The number of fused-ring (bicyclic) bond motifs is 3. The monoisotopic (exact) mass is 459 g/mol. The number of pyridine rings is 1. The number of hydrogen-bond acceptors (Lipinski definition) is 9. The Bertz CT molecular complexity index is 1360. The Hall–Kier alpha value is -4.06. The molecule has 1 amide bonds. The molecule has 2 bridgehead atoms. The standard InChI is InChI=1S/C22H25N11O/c1-12(2)31-9-15-5-14(31)10-32(15)19-4-3-13(7-24-19)28-21-22-26-11-27-33(22)18(8-25-21)16-6-17(20(23)34)30-29-16/h3-4,6-8,11-12,14-15H,5,9-10H2,1-2H3,(H2,23,34)(H,25,28)(H,29,30)/t14-,15-/m1/s1. The van der Waals surface area contributed by atoms with E-state index in [1.165, 1.54) is 12.7 Å². The minimum Gasteiger partial charge on any atom is -0.364 e. The van der Waals surface area contributed by atoms with Crippen molar-refractivity contribution in [3.05, 3.63) is 42.6 Å². The second-order valence-corrected chi connectivity index (χ2v) is 9.03. The molecule has 4 aromatic rings. The van der Waals surface area contributed by atoms with E-state index in [0.717, 1.165) is 24.6 Å². The van der Waals surface area contributed by atoms with Gasteiger partial charge in [-0.2, -0.15) is 10.2 Å². The third-order valence-electron chi connectivity index (χ3n) is 6.66. The minimum absolute atomic E-state index is 0.208. The third-order valence-corrected chi connectivity index (χ3v) is 6.66. The molecule has 0 aromatic carbocycles. The van der Waals surface area contributed by atoms with Crippen molar-refractivity contribution in [3.8, 4) is 11.4 Å². The van der Waals surface area contributed by atoms with Gasteiger partial charge in [-0.3, -0.25) is 14.8 Å². The van der Waals surface area contributed by atoms with Gasteiger partial charge in [-0.25, -0.2) is 19.5 Å². The highest BCUT2D eigenvalue weighted by Gasteiger charge is 2.44. The number of H-pyrrole nitrogens is 1. The number of rotatable bonds is 6. The van der Waals surface area contributed by atoms with E-state index in [-0.39, 0.29) is 5.69 Å². The van der Waals surface area contributed by atoms with Gasteiger partial charge in [0.05, 0.1) is 18.1 Å². The molecule has 6 rings (SSSR count). The van der Waals surface area contributed by atoms with Gasteiger partial charge in [0.1, 0.15) is 29.2 Å². The number of carbonyl (C=O) groups is 1. The molecule has 12 nitrogen and oxygen atoms in total. The van der Waals surface area contributed by atoms with Gasteiger partial charge in [0.15, 0.2) is 11.5 Å². The molecule has 34 heavy (non-hydrogen) atoms. The number of hydrogen-bond donors (Lipinski definition) is 3. The molecule has 2 atom stereocenters. The van der Waals surface area contributed by atoms with E-state index in [0.29, 0.717) is 41.0 Å². The highest BCUT2D eigenvalue weighted by Crippen LogP contribution is 2.35. The molecule has 4 N–H and O–H groups in total. The number of anilines is 3. The Kier molecular flexibility index (Phi) is 4.69. The van der Waals surface area contributed by atoms with Crippen molar-refractivity contribution in [1.82, 2.24) is 39.7 Å². The maximum atomic E-state index is 11.4. The number of nitrogens with one attached hydrogen (secondary N) is 2. The van der Waals surface area contributed by atoms with E-state index in [9.17, 15) is 4.79 Å². The molecule has 0 saturated carbocycles. The van der Waals surface area contributed by atoms with Crippen LogP contribution in [0, 0.1) is 0 Å². The lowest BCUT2D eigenvalue weighted by molar-refractivity contribution is 0.0995. The van der Waals surface area contributed by atoms with Crippen LogP contribution in [0.25, 0.3) is 17.0 Å². The summed E-state index contributed by atoms with van der Waals surface area (Å²) >= 11 is 0. The molecule has 0 radical (unpaired) electrons. The Balaban J connectivity index is 1.21. The number of primary amides is 1. The van der Waals surface area contributed by atoms with Crippen LogP contribution in [0.4, 0.5) is 17.3 Å². The average Bonchev–Trinajstić information content (AvgIpc) is 3.63. The van der Waals surface area contributed by atoms with E-state index >= 15 is 0 Å². The molecule has 2 aliphatic rings. The van der Waals surface area contributed by atoms with Crippen LogP contribution in [0.5, 0.6) is 0 Å². The first-order valence-electron chi connectivity index (χ1n) is 11.3. The molecule has 12 heteroatoms. The molecule has 6 heterocycles. The largest absolute Gasteiger partial charge is 0.364 e. The number of amides is 1. The SMILES string of the molecule is CC(C)N1C[C@H]2C[C@@H]1CN2c1ccc(Nc2ncc(-c3cc(C(N)=O)[nH]n3)n3ncnc23)cn1. The van der Waals surface area contributed by atoms with E-state index in [1.807, 2.05) is 18.3 Å². The second kappa shape index (κ2) is 7.76. The molecule has 174 valence electrons. The van der Waals surface area contributed by atoms with Crippen molar-refractivity contribution in [2.45, 2.75) is 38.4 Å². The molecule has 0 unspecified atom stereocenters. The first kappa shape index (κ1) is 20.5. The maximum Gasteiger partial charge on any atom is 0.266 e. The van der Waals surface area contributed by atoms with Crippen molar-refractivity contribution in [2.75, 3.05) is 23.3 Å². The summed E-state index contributed by atoms with van der Waals surface area (Å²) in [5.74, 6) is 0.949. The van der Waals surface area contributed by atoms with Gasteiger partial charge >= 0.3 is 0 Å². The summed E-state index contributed by atoms with van der Waals surface area (Å²) in [5.41, 5.74) is 7.92. The fourth-order valence-electron chi connectivity index (χ4n) is 5.04. The van der Waals surface area contributed by atoms with Crippen molar-refractivity contribution in [2.24, 2.45) is 5.73 Å². The first-order chi connectivity index (χ1) is 16.5. The van der Waals surface area contributed by atoms with Crippen molar-refractivity contribution < 1.29 is 4.79 Å². The molecule has 4 aromatic heterocycles. The fourth-order valence-corrected chi connectivity index (χ4v) is 5.04. The quantitative estimate of drug-likeness (QED) is 0.389. The number of piperazine rings is 1. The lowest BCUT2D eigenvalue weighted by Gasteiger charge is -2.37. The highest BCUT2D eigenvalue weighted by atomic mass is 16.1. The Morgan fingerprint density at radius 1 is 1.18 bits per heavy atom. The fraction of sp³-hybridized carbons (Fsp3) is 0.364. The third kappa shape index (κ3) is 3.34. The summed E-state index contributed by atoms with van der Waals surface area (Å²) in [7, 11) is 0. The number of carbonyl (C=O) groups excluding carboxylic acids is 1. The zero-order valence-electron chi connectivity index (χ0n) is 18.9. The van der Waals surface area contributed by atoms with Crippen LogP contribution in [0.1, 0.15) is 30.8 Å². The van der Waals surface area contributed by atoms with Gasteiger partial charge in [-0.1, -0.05) is 0 Å². The Morgan fingerprint density at radius 3 is 2.74 bits per heavy atom. The van der Waals surface area contributed by atoms with Crippen LogP contribution in [0.2, 0.25) is 0 Å². The van der Waals surface area contributed by atoms with Crippen LogP contribution in [-0.2, 0) is 0 Å². The second-order valence-electron chi connectivity index (χ2n) is 9.03. The van der Waals surface area contributed by atoms with Crippen LogP contribution in [0.3, 0.4) is 0 Å². The van der Waals surface area contributed by atoms with Gasteiger partial charge in [0.2, 0.25) is 0 Å². The van der Waals surface area contributed by atoms with Gasteiger partial charge in [-0.15, -0.1) is 0 Å². The number of aromatic amines is 1. The highest BCUT2D eigenvalue weighted by molar-refractivity contribution is 5.91. The molecule has 2 fully saturated rings. The maximum absolute atomic E-state index is 11.4. The van der Waals surface area contributed by atoms with Gasteiger partial charge in [-0.05, 0) is 38.5 Å². The summed E-state index contributed by atoms with van der Waals surface area (Å²) in [6.45, 7) is 6.66. The summed E-state index contributed by atoms with van der Waals surface area (Å²) in [5, 5.41) is 14.3. The van der Waals surface area contributed by atoms with E-state index in [1.54, 1.807) is 16.8 Å². The number of nitrogens with zero attached hydrogens (tertiary/aromatic N) is 8. The van der Waals surface area contributed by atoms with Crippen molar-refractivity contribution >= 4 is 28.9 Å². The Labute approximate surface area is 195 Å².